The predicted molar refractivity (Wildman–Crippen MR) is 234 cm³/mol. The number of nitrogens with zero attached hydrogens (tertiary/aromatic N) is 3. The van der Waals surface area contributed by atoms with Crippen LogP contribution in [0.3, 0.4) is 0 Å². The van der Waals surface area contributed by atoms with Gasteiger partial charge in [0.05, 0.1) is 33.4 Å². The van der Waals surface area contributed by atoms with E-state index in [2.05, 4.69) is 218 Å². The van der Waals surface area contributed by atoms with E-state index in [0.717, 1.165) is 11.4 Å². The minimum atomic E-state index is 1.15. The van der Waals surface area contributed by atoms with Crippen LogP contribution >= 0.6 is 0 Å². The average molecular weight is 708 g/mol. The summed E-state index contributed by atoms with van der Waals surface area (Å²) in [7, 11) is 0. The molecule has 0 atom stereocenters. The van der Waals surface area contributed by atoms with Gasteiger partial charge in [0.1, 0.15) is 0 Å². The molecule has 55 heavy (non-hydrogen) atoms. The van der Waals surface area contributed by atoms with Crippen molar-refractivity contribution in [2.24, 2.45) is 0 Å². The molecule has 2 aromatic heterocycles. The van der Waals surface area contributed by atoms with Crippen LogP contribution in [0, 0.1) is 27.7 Å². The van der Waals surface area contributed by atoms with Gasteiger partial charge in [-0.3, -0.25) is 0 Å². The lowest BCUT2D eigenvalue weighted by atomic mass is 9.94. The SMILES string of the molecule is Cc1c(C)c(-n2c3ccccc3c3cc(-c4ccc5c(c4)c4ccccc4n5-c4ccccc4)ccc32)c(C)c(C)c1N(c1ccccc1)c1ccccc1. The molecule has 0 spiro atoms. The van der Waals surface area contributed by atoms with Gasteiger partial charge in [-0.1, -0.05) is 103 Å². The summed E-state index contributed by atoms with van der Waals surface area (Å²) in [6.45, 7) is 9.17. The zero-order valence-corrected chi connectivity index (χ0v) is 31.6. The van der Waals surface area contributed by atoms with Crippen molar-refractivity contribution < 1.29 is 0 Å². The van der Waals surface area contributed by atoms with Crippen LogP contribution in [0.2, 0.25) is 0 Å². The van der Waals surface area contributed by atoms with E-state index in [-0.39, 0.29) is 0 Å². The van der Waals surface area contributed by atoms with Gasteiger partial charge < -0.3 is 14.0 Å². The highest BCUT2D eigenvalue weighted by Gasteiger charge is 2.25. The second-order valence-electron chi connectivity index (χ2n) is 14.7. The molecule has 0 aliphatic heterocycles. The molecule has 3 heteroatoms. The normalized spacial score (nSPS) is 11.6. The first kappa shape index (κ1) is 32.8. The summed E-state index contributed by atoms with van der Waals surface area (Å²) in [6, 6.07) is 63.8. The summed E-state index contributed by atoms with van der Waals surface area (Å²) >= 11 is 0. The number of benzene rings is 8. The monoisotopic (exact) mass is 707 g/mol. The van der Waals surface area contributed by atoms with Gasteiger partial charge in [0.25, 0.3) is 0 Å². The fourth-order valence-corrected chi connectivity index (χ4v) is 8.91. The summed E-state index contributed by atoms with van der Waals surface area (Å²) in [5.74, 6) is 0. The van der Waals surface area contributed by atoms with Crippen LogP contribution in [0.25, 0.3) is 66.1 Å². The standard InChI is InChI=1S/C52H41N3/c1-34-36(3)52(37(4)35(2)51(34)53(40-18-8-5-9-19-40)41-20-10-6-11-21-41)55-48-27-17-15-25-44(48)46-33-39(29-31-50(46)55)38-28-30-49-45(32-38)43-24-14-16-26-47(43)54(49)42-22-12-7-13-23-42/h5-33H,1-4H3. The van der Waals surface area contributed by atoms with Crippen molar-refractivity contribution in [3.63, 3.8) is 0 Å². The minimum absolute atomic E-state index is 1.15. The number of anilines is 3. The van der Waals surface area contributed by atoms with Gasteiger partial charge in [-0.05, 0) is 134 Å². The summed E-state index contributed by atoms with van der Waals surface area (Å²) in [5.41, 5.74) is 18.4. The number of aromatic nitrogens is 2. The average Bonchev–Trinajstić information content (AvgIpc) is 3.75. The number of rotatable bonds is 6. The Bertz CT molecular complexity index is 2990. The third-order valence-corrected chi connectivity index (χ3v) is 11.7. The molecule has 3 nitrogen and oxygen atoms in total. The number of para-hydroxylation sites is 5. The highest BCUT2D eigenvalue weighted by Crippen LogP contribution is 2.45. The first-order valence-corrected chi connectivity index (χ1v) is 19.1. The first-order chi connectivity index (χ1) is 27.0. The van der Waals surface area contributed by atoms with Crippen molar-refractivity contribution in [1.29, 1.82) is 0 Å². The second-order valence-corrected chi connectivity index (χ2v) is 14.7. The fourth-order valence-electron chi connectivity index (χ4n) is 8.91. The Kier molecular flexibility index (Phi) is 7.71. The van der Waals surface area contributed by atoms with Gasteiger partial charge in [-0.25, -0.2) is 0 Å². The molecule has 0 N–H and O–H groups in total. The first-order valence-electron chi connectivity index (χ1n) is 19.1. The third kappa shape index (κ3) is 5.11. The van der Waals surface area contributed by atoms with Gasteiger partial charge in [0, 0.05) is 38.6 Å². The molecule has 2 heterocycles. The van der Waals surface area contributed by atoms with Crippen molar-refractivity contribution in [3.8, 4) is 22.5 Å². The Balaban J connectivity index is 1.16. The van der Waals surface area contributed by atoms with E-state index in [1.807, 2.05) is 0 Å². The molecule has 10 rings (SSSR count). The van der Waals surface area contributed by atoms with Crippen LogP contribution in [0.5, 0.6) is 0 Å². The minimum Gasteiger partial charge on any atom is -0.310 e. The molecule has 0 radical (unpaired) electrons. The van der Waals surface area contributed by atoms with Gasteiger partial charge in [-0.2, -0.15) is 0 Å². The number of hydrogen-bond acceptors (Lipinski definition) is 1. The highest BCUT2D eigenvalue weighted by atomic mass is 15.1. The van der Waals surface area contributed by atoms with Crippen molar-refractivity contribution in [1.82, 2.24) is 9.13 Å². The Morgan fingerprint density at radius 1 is 0.345 bits per heavy atom. The number of fused-ring (bicyclic) bond motifs is 6. The summed E-state index contributed by atoms with van der Waals surface area (Å²) in [5, 5.41) is 5.04. The van der Waals surface area contributed by atoms with E-state index in [9.17, 15) is 0 Å². The van der Waals surface area contributed by atoms with Crippen molar-refractivity contribution in [3.05, 3.63) is 198 Å². The fraction of sp³-hybridized carbons (Fsp3) is 0.0769. The lowest BCUT2D eigenvalue weighted by Gasteiger charge is -2.32. The zero-order valence-electron chi connectivity index (χ0n) is 31.6. The molecule has 0 aliphatic rings. The zero-order chi connectivity index (χ0) is 37.2. The molecule has 0 fully saturated rings. The summed E-state index contributed by atoms with van der Waals surface area (Å²) in [6.07, 6.45) is 0. The Labute approximate surface area is 322 Å². The maximum absolute atomic E-state index is 2.51. The van der Waals surface area contributed by atoms with Gasteiger partial charge in [0.15, 0.2) is 0 Å². The summed E-state index contributed by atoms with van der Waals surface area (Å²) < 4.78 is 4.89. The van der Waals surface area contributed by atoms with Gasteiger partial charge >= 0.3 is 0 Å². The second kappa shape index (κ2) is 12.9. The Morgan fingerprint density at radius 2 is 0.745 bits per heavy atom. The molecule has 0 saturated heterocycles. The molecule has 264 valence electrons. The molecule has 8 aromatic carbocycles. The maximum atomic E-state index is 2.51. The largest absolute Gasteiger partial charge is 0.310 e. The third-order valence-electron chi connectivity index (χ3n) is 11.7. The Hall–Kier alpha value is -6.84. The molecular weight excluding hydrogens is 667 g/mol. The van der Waals surface area contributed by atoms with E-state index < -0.39 is 0 Å². The molecule has 0 aliphatic carbocycles. The van der Waals surface area contributed by atoms with E-state index >= 15 is 0 Å². The van der Waals surface area contributed by atoms with Gasteiger partial charge in [0.2, 0.25) is 0 Å². The lowest BCUT2D eigenvalue weighted by Crippen LogP contribution is -2.16. The smallest absolute Gasteiger partial charge is 0.0541 e. The molecule has 10 aromatic rings. The van der Waals surface area contributed by atoms with Crippen molar-refractivity contribution >= 4 is 60.7 Å². The van der Waals surface area contributed by atoms with Crippen LogP contribution in [0.15, 0.2) is 176 Å². The Morgan fingerprint density at radius 3 is 1.25 bits per heavy atom. The van der Waals surface area contributed by atoms with Crippen LogP contribution < -0.4 is 4.90 Å². The topological polar surface area (TPSA) is 13.1 Å². The van der Waals surface area contributed by atoms with Gasteiger partial charge in [-0.15, -0.1) is 0 Å². The molecular formula is C52H41N3. The predicted octanol–water partition coefficient (Wildman–Crippen LogP) is 14.3. The maximum Gasteiger partial charge on any atom is 0.0541 e. The van der Waals surface area contributed by atoms with E-state index in [0.29, 0.717) is 0 Å². The molecule has 0 bridgehead atoms. The van der Waals surface area contributed by atoms with E-state index in [4.69, 9.17) is 0 Å². The lowest BCUT2D eigenvalue weighted by molar-refractivity contribution is 1.07. The van der Waals surface area contributed by atoms with Crippen LogP contribution in [0.4, 0.5) is 17.1 Å². The van der Waals surface area contributed by atoms with Crippen LogP contribution in [-0.4, -0.2) is 9.13 Å². The molecule has 0 saturated carbocycles. The molecule has 0 unspecified atom stereocenters. The van der Waals surface area contributed by atoms with Crippen molar-refractivity contribution in [2.45, 2.75) is 27.7 Å². The van der Waals surface area contributed by atoms with E-state index in [1.165, 1.54) is 94.1 Å². The van der Waals surface area contributed by atoms with Crippen LogP contribution in [-0.2, 0) is 0 Å². The van der Waals surface area contributed by atoms with Crippen molar-refractivity contribution in [2.75, 3.05) is 4.90 Å². The number of hydrogen-bond donors (Lipinski definition) is 0. The molecule has 0 amide bonds. The quantitative estimate of drug-likeness (QED) is 0.168. The highest BCUT2D eigenvalue weighted by molar-refractivity contribution is 6.13. The van der Waals surface area contributed by atoms with Crippen LogP contribution in [0.1, 0.15) is 22.3 Å². The summed E-state index contributed by atoms with van der Waals surface area (Å²) in [4.78, 5) is 2.42. The van der Waals surface area contributed by atoms with E-state index in [1.54, 1.807) is 0 Å².